The van der Waals surface area contributed by atoms with E-state index in [1.165, 1.54) is 13.3 Å². The summed E-state index contributed by atoms with van der Waals surface area (Å²) in [6, 6.07) is 8.75. The lowest BCUT2D eigenvalue weighted by Crippen LogP contribution is -2.53. The first-order chi connectivity index (χ1) is 17.1. The number of fused-ring (bicyclic) bond motifs is 2. The van der Waals surface area contributed by atoms with E-state index in [-0.39, 0.29) is 11.7 Å². The minimum atomic E-state index is -0.362. The van der Waals surface area contributed by atoms with Crippen LogP contribution in [0.4, 0.5) is 4.39 Å². The van der Waals surface area contributed by atoms with Crippen LogP contribution in [-0.4, -0.2) is 78.8 Å². The molecule has 2 aromatic heterocycles. The molecule has 1 aromatic carbocycles. The van der Waals surface area contributed by atoms with Gasteiger partial charge in [-0.15, -0.1) is 0 Å². The zero-order valence-corrected chi connectivity index (χ0v) is 19.6. The van der Waals surface area contributed by atoms with Crippen LogP contribution in [0.1, 0.15) is 22.3 Å². The van der Waals surface area contributed by atoms with Crippen LogP contribution >= 0.6 is 0 Å². The second kappa shape index (κ2) is 10.4. The topological polar surface area (TPSA) is 89.1 Å². The Balaban J connectivity index is 1.15. The van der Waals surface area contributed by atoms with Crippen LogP contribution in [0.2, 0.25) is 0 Å². The Morgan fingerprint density at radius 2 is 1.91 bits per heavy atom. The summed E-state index contributed by atoms with van der Waals surface area (Å²) in [6.45, 7) is 4.70. The van der Waals surface area contributed by atoms with E-state index in [9.17, 15) is 9.18 Å². The van der Waals surface area contributed by atoms with Crippen molar-refractivity contribution >= 4 is 16.9 Å². The largest absolute Gasteiger partial charge is 0.490 e. The molecule has 0 radical (unpaired) electrons. The van der Waals surface area contributed by atoms with Gasteiger partial charge in [0.05, 0.1) is 37.6 Å². The standard InChI is InChI=1S/C25H28FN5O4/c1-33-23-6-4-20-24(28-23)18(19(26)16-27-20)7-8-30-9-11-31(12-10-30)29-25(32)17-3-5-21-22(15-17)35-14-2-13-34-21/h3-6,15-16H,2,7-14H2,1H3,(H,29,32). The van der Waals surface area contributed by atoms with Crippen molar-refractivity contribution < 1.29 is 23.4 Å². The minimum Gasteiger partial charge on any atom is -0.490 e. The quantitative estimate of drug-likeness (QED) is 0.575. The predicted molar refractivity (Wildman–Crippen MR) is 127 cm³/mol. The Labute approximate surface area is 202 Å². The molecular formula is C25H28FN5O4. The number of halogens is 1. The number of rotatable bonds is 6. The third kappa shape index (κ3) is 5.28. The number of hydrogen-bond donors (Lipinski definition) is 1. The number of amides is 1. The lowest BCUT2D eigenvalue weighted by Gasteiger charge is -2.34. The summed E-state index contributed by atoms with van der Waals surface area (Å²) in [5, 5.41) is 1.91. The molecule has 1 amide bonds. The second-order valence-electron chi connectivity index (χ2n) is 8.54. The van der Waals surface area contributed by atoms with Crippen molar-refractivity contribution in [3.8, 4) is 17.4 Å². The lowest BCUT2D eigenvalue weighted by molar-refractivity contribution is 0.0621. The predicted octanol–water partition coefficient (Wildman–Crippen LogP) is 2.44. The highest BCUT2D eigenvalue weighted by Crippen LogP contribution is 2.30. The maximum Gasteiger partial charge on any atom is 0.265 e. The molecular weight excluding hydrogens is 453 g/mol. The first kappa shape index (κ1) is 23.3. The number of hydrazine groups is 1. The summed E-state index contributed by atoms with van der Waals surface area (Å²) in [7, 11) is 1.54. The summed E-state index contributed by atoms with van der Waals surface area (Å²) < 4.78 is 31.1. The molecule has 2 aliphatic heterocycles. The zero-order valence-electron chi connectivity index (χ0n) is 19.6. The Hall–Kier alpha value is -3.50. The summed E-state index contributed by atoms with van der Waals surface area (Å²) in [6.07, 6.45) is 2.57. The molecule has 0 aliphatic carbocycles. The van der Waals surface area contributed by atoms with E-state index in [4.69, 9.17) is 14.2 Å². The fourth-order valence-corrected chi connectivity index (χ4v) is 4.29. The normalized spacial score (nSPS) is 16.6. The molecule has 5 rings (SSSR count). The van der Waals surface area contributed by atoms with Crippen molar-refractivity contribution in [3.05, 3.63) is 53.5 Å². The summed E-state index contributed by atoms with van der Waals surface area (Å²) in [5.74, 6) is 1.16. The highest BCUT2D eigenvalue weighted by Gasteiger charge is 2.21. The number of nitrogens with one attached hydrogen (secondary N) is 1. The van der Waals surface area contributed by atoms with Crippen LogP contribution in [-0.2, 0) is 6.42 Å². The van der Waals surface area contributed by atoms with E-state index in [2.05, 4.69) is 20.3 Å². The number of aromatic nitrogens is 2. The third-order valence-corrected chi connectivity index (χ3v) is 6.27. The van der Waals surface area contributed by atoms with Gasteiger partial charge in [0.2, 0.25) is 5.88 Å². The SMILES string of the molecule is COc1ccc2ncc(F)c(CCN3CCN(NC(=O)c4ccc5c(c4)OCCCO5)CC3)c2n1. The molecule has 0 saturated carbocycles. The first-order valence-corrected chi connectivity index (χ1v) is 11.8. The van der Waals surface area contributed by atoms with Crippen LogP contribution in [0, 0.1) is 5.82 Å². The van der Waals surface area contributed by atoms with E-state index in [1.54, 1.807) is 30.3 Å². The molecule has 2 aliphatic rings. The van der Waals surface area contributed by atoms with Gasteiger partial charge in [-0.25, -0.2) is 14.4 Å². The number of nitrogens with zero attached hydrogens (tertiary/aromatic N) is 4. The molecule has 1 N–H and O–H groups in total. The van der Waals surface area contributed by atoms with E-state index in [0.717, 1.165) is 19.5 Å². The minimum absolute atomic E-state index is 0.181. The van der Waals surface area contributed by atoms with Crippen LogP contribution in [0.3, 0.4) is 0 Å². The Kier molecular flexibility index (Phi) is 6.91. The maximum atomic E-state index is 14.6. The molecule has 1 saturated heterocycles. The smallest absolute Gasteiger partial charge is 0.265 e. The highest BCUT2D eigenvalue weighted by molar-refractivity contribution is 5.94. The van der Waals surface area contributed by atoms with Crippen molar-refractivity contribution in [2.75, 3.05) is 53.0 Å². The molecule has 184 valence electrons. The van der Waals surface area contributed by atoms with Crippen LogP contribution in [0.25, 0.3) is 11.0 Å². The second-order valence-corrected chi connectivity index (χ2v) is 8.54. The number of piperazine rings is 1. The zero-order chi connectivity index (χ0) is 24.2. The van der Waals surface area contributed by atoms with Gasteiger partial charge >= 0.3 is 0 Å². The summed E-state index contributed by atoms with van der Waals surface area (Å²) >= 11 is 0. The number of benzene rings is 1. The highest BCUT2D eigenvalue weighted by atomic mass is 19.1. The van der Waals surface area contributed by atoms with Crippen molar-refractivity contribution in [3.63, 3.8) is 0 Å². The monoisotopic (exact) mass is 481 g/mol. The Morgan fingerprint density at radius 1 is 1.11 bits per heavy atom. The average Bonchev–Trinajstić information content (AvgIpc) is 3.13. The van der Waals surface area contributed by atoms with Crippen molar-refractivity contribution in [1.29, 1.82) is 0 Å². The Morgan fingerprint density at radius 3 is 2.71 bits per heavy atom. The summed E-state index contributed by atoms with van der Waals surface area (Å²) in [4.78, 5) is 23.6. The molecule has 9 nitrogen and oxygen atoms in total. The number of pyridine rings is 2. The van der Waals surface area contributed by atoms with Gasteiger partial charge in [-0.3, -0.25) is 15.2 Å². The molecule has 35 heavy (non-hydrogen) atoms. The number of methoxy groups -OCH3 is 1. The van der Waals surface area contributed by atoms with Gasteiger partial charge < -0.3 is 19.1 Å². The fourth-order valence-electron chi connectivity index (χ4n) is 4.29. The van der Waals surface area contributed by atoms with E-state index in [0.29, 0.717) is 78.8 Å². The van der Waals surface area contributed by atoms with Gasteiger partial charge in [0.1, 0.15) is 5.82 Å². The van der Waals surface area contributed by atoms with E-state index >= 15 is 0 Å². The molecule has 0 spiro atoms. The first-order valence-electron chi connectivity index (χ1n) is 11.8. The van der Waals surface area contributed by atoms with Gasteiger partial charge in [0.15, 0.2) is 11.5 Å². The molecule has 10 heteroatoms. The number of carbonyl (C=O) groups excluding carboxylic acids is 1. The molecule has 1 fully saturated rings. The van der Waals surface area contributed by atoms with Crippen LogP contribution in [0.15, 0.2) is 36.5 Å². The fraction of sp³-hybridized carbons (Fsp3) is 0.400. The number of carbonyl (C=O) groups is 1. The van der Waals surface area contributed by atoms with Crippen LogP contribution < -0.4 is 19.6 Å². The van der Waals surface area contributed by atoms with Crippen molar-refractivity contribution in [2.45, 2.75) is 12.8 Å². The van der Waals surface area contributed by atoms with E-state index in [1.807, 2.05) is 5.01 Å². The average molecular weight is 482 g/mol. The molecule has 4 heterocycles. The van der Waals surface area contributed by atoms with E-state index < -0.39 is 0 Å². The lowest BCUT2D eigenvalue weighted by atomic mass is 10.1. The van der Waals surface area contributed by atoms with Gasteiger partial charge in [0.25, 0.3) is 5.91 Å². The van der Waals surface area contributed by atoms with Gasteiger partial charge in [-0.1, -0.05) is 0 Å². The summed E-state index contributed by atoms with van der Waals surface area (Å²) in [5.41, 5.74) is 5.22. The molecule has 0 unspecified atom stereocenters. The molecule has 0 bridgehead atoms. The van der Waals surface area contributed by atoms with Gasteiger partial charge in [-0.05, 0) is 30.7 Å². The number of ether oxygens (including phenoxy) is 3. The van der Waals surface area contributed by atoms with Crippen LogP contribution in [0.5, 0.6) is 17.4 Å². The third-order valence-electron chi connectivity index (χ3n) is 6.27. The maximum absolute atomic E-state index is 14.6. The Bertz CT molecular complexity index is 1220. The van der Waals surface area contributed by atoms with Crippen molar-refractivity contribution in [1.82, 2.24) is 25.3 Å². The van der Waals surface area contributed by atoms with Gasteiger partial charge in [0, 0.05) is 56.3 Å². The van der Waals surface area contributed by atoms with Crippen molar-refractivity contribution in [2.24, 2.45) is 0 Å². The number of hydrogen-bond acceptors (Lipinski definition) is 8. The van der Waals surface area contributed by atoms with Gasteiger partial charge in [-0.2, -0.15) is 0 Å². The molecule has 3 aromatic rings. The molecule has 0 atom stereocenters.